The van der Waals surface area contributed by atoms with Crippen LogP contribution in [0, 0.1) is 0 Å². The number of aromatic nitrogens is 2. The Morgan fingerprint density at radius 2 is 1.50 bits per heavy atom. The van der Waals surface area contributed by atoms with Crippen molar-refractivity contribution in [3.8, 4) is 0 Å². The van der Waals surface area contributed by atoms with E-state index in [2.05, 4.69) is 15.3 Å². The Morgan fingerprint density at radius 1 is 0.917 bits per heavy atom. The van der Waals surface area contributed by atoms with Gasteiger partial charge in [-0.3, -0.25) is 4.79 Å². The fourth-order valence-corrected chi connectivity index (χ4v) is 2.74. The number of nitrogens with one attached hydrogen (secondary N) is 1. The van der Waals surface area contributed by atoms with Gasteiger partial charge in [0.2, 0.25) is 0 Å². The predicted octanol–water partition coefficient (Wildman–Crippen LogP) is 4.97. The van der Waals surface area contributed by atoms with E-state index in [4.69, 9.17) is 0 Å². The smallest absolute Gasteiger partial charge is 0.317 e. The Hall–Kier alpha value is -2.61. The third-order valence-corrected chi connectivity index (χ3v) is 3.78. The lowest BCUT2D eigenvalue weighted by molar-refractivity contribution is -0.143. The number of rotatable bonds is 2. The summed E-state index contributed by atoms with van der Waals surface area (Å²) in [5.41, 5.74) is -0.273. The van der Waals surface area contributed by atoms with Gasteiger partial charge in [0.15, 0.2) is 5.69 Å². The fraction of sp³-hybridized carbons (Fsp3) is 0.0625. The van der Waals surface area contributed by atoms with Gasteiger partial charge in [-0.05, 0) is 36.0 Å². The fourth-order valence-electron chi connectivity index (χ4n) is 1.99. The highest BCUT2D eigenvalue weighted by atomic mass is 32.2. The molecule has 0 fully saturated rings. The molecular weight excluding hydrogens is 339 g/mol. The minimum absolute atomic E-state index is 0.123. The number of carbonyl (C=O) groups excluding carboxylic acids is 1. The van der Waals surface area contributed by atoms with E-state index in [0.717, 1.165) is 0 Å². The first-order valence-corrected chi connectivity index (χ1v) is 7.63. The van der Waals surface area contributed by atoms with E-state index in [-0.39, 0.29) is 5.52 Å². The van der Waals surface area contributed by atoms with Crippen LogP contribution in [-0.2, 0) is 6.18 Å². The number of fused-ring (bicyclic) bond motifs is 1. The van der Waals surface area contributed by atoms with Crippen molar-refractivity contribution in [1.29, 1.82) is 0 Å². The SMILES string of the molecule is O=C(Nc1ccccc1)Sc1nc2ccccc2nc1C(F)(F)F. The van der Waals surface area contributed by atoms with Crippen molar-refractivity contribution in [2.45, 2.75) is 11.2 Å². The van der Waals surface area contributed by atoms with Gasteiger partial charge in [-0.15, -0.1) is 0 Å². The average Bonchev–Trinajstić information content (AvgIpc) is 2.54. The summed E-state index contributed by atoms with van der Waals surface area (Å²) >= 11 is 0.363. The second kappa shape index (κ2) is 6.48. The van der Waals surface area contributed by atoms with Crippen LogP contribution >= 0.6 is 11.8 Å². The molecule has 0 bridgehead atoms. The number of halogens is 3. The van der Waals surface area contributed by atoms with Crippen molar-refractivity contribution in [3.63, 3.8) is 0 Å². The van der Waals surface area contributed by atoms with Gasteiger partial charge in [-0.2, -0.15) is 13.2 Å². The molecule has 0 unspecified atom stereocenters. The number of anilines is 1. The maximum Gasteiger partial charge on any atom is 0.436 e. The zero-order chi connectivity index (χ0) is 17.2. The van der Waals surface area contributed by atoms with Crippen LogP contribution < -0.4 is 5.32 Å². The highest BCUT2D eigenvalue weighted by molar-refractivity contribution is 8.13. The Bertz CT molecular complexity index is 885. The molecule has 3 rings (SSSR count). The Kier molecular flexibility index (Phi) is 4.39. The molecular formula is C16H10F3N3OS. The summed E-state index contributed by atoms with van der Waals surface area (Å²) in [5, 5.41) is 1.36. The highest BCUT2D eigenvalue weighted by Gasteiger charge is 2.37. The van der Waals surface area contributed by atoms with E-state index in [1.165, 1.54) is 6.07 Å². The van der Waals surface area contributed by atoms with Crippen LogP contribution in [0.4, 0.5) is 23.7 Å². The maximum absolute atomic E-state index is 13.2. The number of nitrogens with zero attached hydrogens (tertiary/aromatic N) is 2. The van der Waals surface area contributed by atoms with Gasteiger partial charge in [-0.1, -0.05) is 30.3 Å². The highest BCUT2D eigenvalue weighted by Crippen LogP contribution is 2.35. The summed E-state index contributed by atoms with van der Waals surface area (Å²) in [6.45, 7) is 0. The van der Waals surface area contributed by atoms with Gasteiger partial charge >= 0.3 is 6.18 Å². The standard InChI is InChI=1S/C16H10F3N3OS/c17-16(18,19)13-14(22-12-9-5-4-8-11(12)21-13)24-15(23)20-10-6-2-1-3-7-10/h1-9H,(H,20,23). The molecule has 8 heteroatoms. The van der Waals surface area contributed by atoms with Gasteiger partial charge in [0, 0.05) is 5.69 Å². The van der Waals surface area contributed by atoms with E-state index >= 15 is 0 Å². The largest absolute Gasteiger partial charge is 0.436 e. The van der Waals surface area contributed by atoms with Crippen LogP contribution in [0.15, 0.2) is 59.6 Å². The number of alkyl halides is 3. The van der Waals surface area contributed by atoms with E-state index in [1.807, 2.05) is 0 Å². The summed E-state index contributed by atoms with van der Waals surface area (Å²) in [7, 11) is 0. The molecule has 24 heavy (non-hydrogen) atoms. The lowest BCUT2D eigenvalue weighted by Crippen LogP contribution is -2.13. The second-order valence-corrected chi connectivity index (χ2v) is 5.71. The van der Waals surface area contributed by atoms with Crippen molar-refractivity contribution in [1.82, 2.24) is 9.97 Å². The summed E-state index contributed by atoms with van der Waals surface area (Å²) in [5.74, 6) is 0. The number of amides is 1. The summed E-state index contributed by atoms with van der Waals surface area (Å²) < 4.78 is 39.6. The molecule has 0 aliphatic rings. The van der Waals surface area contributed by atoms with Gasteiger partial charge in [-0.25, -0.2) is 9.97 Å². The van der Waals surface area contributed by atoms with Crippen molar-refractivity contribution in [2.75, 3.05) is 5.32 Å². The molecule has 4 nitrogen and oxygen atoms in total. The number of thioether (sulfide) groups is 1. The molecule has 0 saturated carbocycles. The van der Waals surface area contributed by atoms with Crippen LogP contribution in [0.25, 0.3) is 11.0 Å². The zero-order valence-electron chi connectivity index (χ0n) is 12.0. The molecule has 0 aliphatic heterocycles. The number of para-hydroxylation sites is 3. The minimum atomic E-state index is -4.70. The van der Waals surface area contributed by atoms with E-state index in [9.17, 15) is 18.0 Å². The van der Waals surface area contributed by atoms with Crippen LogP contribution in [0.1, 0.15) is 5.69 Å². The Balaban J connectivity index is 1.93. The van der Waals surface area contributed by atoms with Crippen molar-refractivity contribution in [3.05, 3.63) is 60.3 Å². The number of hydrogen-bond donors (Lipinski definition) is 1. The summed E-state index contributed by atoms with van der Waals surface area (Å²) in [6, 6.07) is 14.6. The first-order chi connectivity index (χ1) is 11.4. The quantitative estimate of drug-likeness (QED) is 0.664. The van der Waals surface area contributed by atoms with E-state index in [1.54, 1.807) is 48.5 Å². The van der Waals surface area contributed by atoms with Gasteiger partial charge < -0.3 is 5.32 Å². The first kappa shape index (κ1) is 16.3. The van der Waals surface area contributed by atoms with Crippen LogP contribution in [0.5, 0.6) is 0 Å². The van der Waals surface area contributed by atoms with Crippen molar-refractivity contribution in [2.24, 2.45) is 0 Å². The van der Waals surface area contributed by atoms with Crippen LogP contribution in [0.3, 0.4) is 0 Å². The molecule has 2 aromatic carbocycles. The number of hydrogen-bond acceptors (Lipinski definition) is 4. The van der Waals surface area contributed by atoms with Crippen LogP contribution in [0.2, 0.25) is 0 Å². The normalized spacial score (nSPS) is 11.5. The van der Waals surface area contributed by atoms with Gasteiger partial charge in [0.1, 0.15) is 5.03 Å². The molecule has 0 atom stereocenters. The maximum atomic E-state index is 13.2. The average molecular weight is 349 g/mol. The topological polar surface area (TPSA) is 54.9 Å². The van der Waals surface area contributed by atoms with Gasteiger partial charge in [0.25, 0.3) is 5.24 Å². The zero-order valence-corrected chi connectivity index (χ0v) is 12.9. The molecule has 1 heterocycles. The molecule has 0 saturated heterocycles. The molecule has 1 N–H and O–H groups in total. The third kappa shape index (κ3) is 3.65. The van der Waals surface area contributed by atoms with E-state index < -0.39 is 22.1 Å². The molecule has 0 aliphatic carbocycles. The monoisotopic (exact) mass is 349 g/mol. The first-order valence-electron chi connectivity index (χ1n) is 6.81. The van der Waals surface area contributed by atoms with Crippen molar-refractivity contribution >= 4 is 33.7 Å². The summed E-state index contributed by atoms with van der Waals surface area (Å²) in [6.07, 6.45) is -4.70. The molecule has 0 spiro atoms. The van der Waals surface area contributed by atoms with Crippen molar-refractivity contribution < 1.29 is 18.0 Å². The molecule has 0 radical (unpaired) electrons. The summed E-state index contributed by atoms with van der Waals surface area (Å²) in [4.78, 5) is 19.6. The molecule has 1 amide bonds. The number of benzene rings is 2. The third-order valence-electron chi connectivity index (χ3n) is 3.02. The second-order valence-electron chi connectivity index (χ2n) is 4.74. The Morgan fingerprint density at radius 3 is 2.12 bits per heavy atom. The molecule has 3 aromatic rings. The van der Waals surface area contributed by atoms with E-state index in [0.29, 0.717) is 23.0 Å². The minimum Gasteiger partial charge on any atom is -0.317 e. The van der Waals surface area contributed by atoms with Crippen LogP contribution in [-0.4, -0.2) is 15.2 Å². The molecule has 122 valence electrons. The lowest BCUT2D eigenvalue weighted by atomic mass is 10.3. The molecule has 1 aromatic heterocycles. The predicted molar refractivity (Wildman–Crippen MR) is 85.9 cm³/mol. The lowest BCUT2D eigenvalue weighted by Gasteiger charge is -2.11. The van der Waals surface area contributed by atoms with Gasteiger partial charge in [0.05, 0.1) is 11.0 Å². The Labute approximate surface area is 139 Å². The number of carbonyl (C=O) groups is 1.